The zero-order chi connectivity index (χ0) is 21.1. The number of methoxy groups -OCH3 is 1. The van der Waals surface area contributed by atoms with E-state index in [4.69, 9.17) is 13.9 Å². The maximum absolute atomic E-state index is 13.0. The number of hydrogen-bond donors (Lipinski definition) is 1. The summed E-state index contributed by atoms with van der Waals surface area (Å²) < 4.78 is 16.7. The molecule has 0 saturated carbocycles. The lowest BCUT2D eigenvalue weighted by atomic mass is 9.99. The van der Waals surface area contributed by atoms with Crippen LogP contribution in [-0.4, -0.2) is 42.8 Å². The van der Waals surface area contributed by atoms with Gasteiger partial charge in [0.1, 0.15) is 28.4 Å². The average molecular weight is 409 g/mol. The highest BCUT2D eigenvalue weighted by molar-refractivity contribution is 6.10. The molecular weight excluding hydrogens is 382 g/mol. The summed E-state index contributed by atoms with van der Waals surface area (Å²) in [5, 5.41) is 11.3. The molecule has 0 bridgehead atoms. The summed E-state index contributed by atoms with van der Waals surface area (Å²) in [6.07, 6.45) is 3.52. The first-order valence-corrected chi connectivity index (χ1v) is 10.4. The quantitative estimate of drug-likeness (QED) is 0.579. The number of likely N-dealkylation sites (tertiary alicyclic amines) is 1. The molecule has 30 heavy (non-hydrogen) atoms. The number of fused-ring (bicyclic) bond motifs is 1. The van der Waals surface area contributed by atoms with Crippen LogP contribution in [-0.2, 0) is 11.3 Å². The van der Waals surface area contributed by atoms with Crippen LogP contribution in [0.15, 0.2) is 40.8 Å². The van der Waals surface area contributed by atoms with E-state index in [1.807, 2.05) is 24.3 Å². The van der Waals surface area contributed by atoms with Crippen molar-refractivity contribution >= 4 is 16.9 Å². The molecule has 2 aromatic carbocycles. The van der Waals surface area contributed by atoms with E-state index in [1.54, 1.807) is 26.2 Å². The first kappa shape index (κ1) is 20.3. The van der Waals surface area contributed by atoms with Crippen molar-refractivity contribution in [2.45, 2.75) is 32.7 Å². The van der Waals surface area contributed by atoms with E-state index in [0.29, 0.717) is 34.4 Å². The second-order valence-electron chi connectivity index (χ2n) is 7.53. The van der Waals surface area contributed by atoms with Crippen molar-refractivity contribution in [3.8, 4) is 22.8 Å². The van der Waals surface area contributed by atoms with Gasteiger partial charge in [-0.25, -0.2) is 4.79 Å². The van der Waals surface area contributed by atoms with Crippen LogP contribution in [0.5, 0.6) is 11.5 Å². The van der Waals surface area contributed by atoms with E-state index in [-0.39, 0.29) is 12.4 Å². The van der Waals surface area contributed by atoms with Crippen LogP contribution in [0.2, 0.25) is 0 Å². The van der Waals surface area contributed by atoms with Crippen molar-refractivity contribution in [3.05, 3.63) is 47.5 Å². The molecule has 0 radical (unpaired) electrons. The molecule has 0 spiro atoms. The smallest absolute Gasteiger partial charge is 0.342 e. The highest BCUT2D eigenvalue weighted by Crippen LogP contribution is 2.40. The number of furan rings is 1. The van der Waals surface area contributed by atoms with Gasteiger partial charge < -0.3 is 19.0 Å². The molecule has 6 heteroatoms. The number of carbonyl (C=O) groups excluding carboxylic acids is 1. The van der Waals surface area contributed by atoms with Crippen LogP contribution in [0.4, 0.5) is 0 Å². The van der Waals surface area contributed by atoms with Crippen molar-refractivity contribution in [3.63, 3.8) is 0 Å². The fourth-order valence-electron chi connectivity index (χ4n) is 4.09. The van der Waals surface area contributed by atoms with Gasteiger partial charge in [-0.1, -0.05) is 6.42 Å². The Morgan fingerprint density at radius 2 is 1.83 bits per heavy atom. The molecule has 1 aliphatic rings. The van der Waals surface area contributed by atoms with Crippen LogP contribution in [0, 0.1) is 0 Å². The Bertz CT molecular complexity index is 1030. The van der Waals surface area contributed by atoms with Gasteiger partial charge >= 0.3 is 5.97 Å². The largest absolute Gasteiger partial charge is 0.508 e. The number of nitrogens with zero attached hydrogens (tertiary/aromatic N) is 1. The van der Waals surface area contributed by atoms with Gasteiger partial charge in [-0.3, -0.25) is 4.90 Å². The number of carbonyl (C=O) groups is 1. The number of phenols is 1. The summed E-state index contributed by atoms with van der Waals surface area (Å²) in [6, 6.07) is 10.7. The minimum absolute atomic E-state index is 0.167. The molecule has 0 unspecified atom stereocenters. The normalized spacial score (nSPS) is 14.7. The highest BCUT2D eigenvalue weighted by atomic mass is 16.5. The first-order chi connectivity index (χ1) is 14.6. The number of aromatic hydroxyl groups is 1. The summed E-state index contributed by atoms with van der Waals surface area (Å²) in [5.74, 6) is 0.876. The Balaban J connectivity index is 1.88. The third kappa shape index (κ3) is 3.87. The third-order valence-corrected chi connectivity index (χ3v) is 5.60. The van der Waals surface area contributed by atoms with Gasteiger partial charge in [0.05, 0.1) is 13.7 Å². The highest BCUT2D eigenvalue weighted by Gasteiger charge is 2.27. The summed E-state index contributed by atoms with van der Waals surface area (Å²) in [7, 11) is 1.61. The molecule has 6 nitrogen and oxygen atoms in total. The number of phenolic OH excluding ortho intramolecular Hbond substituents is 1. The molecule has 4 rings (SSSR count). The number of ether oxygens (including phenoxy) is 2. The van der Waals surface area contributed by atoms with Gasteiger partial charge in [-0.15, -0.1) is 0 Å². The van der Waals surface area contributed by atoms with Gasteiger partial charge in [-0.2, -0.15) is 0 Å². The van der Waals surface area contributed by atoms with Crippen molar-refractivity contribution < 1.29 is 23.8 Å². The van der Waals surface area contributed by atoms with Crippen molar-refractivity contribution in [1.29, 1.82) is 0 Å². The van der Waals surface area contributed by atoms with E-state index in [1.165, 1.54) is 6.42 Å². The topological polar surface area (TPSA) is 72.1 Å². The molecular formula is C24H27NO5. The predicted octanol–water partition coefficient (Wildman–Crippen LogP) is 4.98. The fraction of sp³-hybridized carbons (Fsp3) is 0.375. The van der Waals surface area contributed by atoms with Crippen LogP contribution >= 0.6 is 0 Å². The van der Waals surface area contributed by atoms with Gasteiger partial charge in [0.2, 0.25) is 0 Å². The van der Waals surface area contributed by atoms with Gasteiger partial charge in [0.25, 0.3) is 0 Å². The molecule has 1 aromatic heterocycles. The number of esters is 1. The lowest BCUT2D eigenvalue weighted by Gasteiger charge is -2.27. The molecule has 0 amide bonds. The Morgan fingerprint density at radius 1 is 1.10 bits per heavy atom. The second kappa shape index (κ2) is 8.79. The molecule has 158 valence electrons. The summed E-state index contributed by atoms with van der Waals surface area (Å²) in [5.41, 5.74) is 2.38. The number of hydrogen-bond acceptors (Lipinski definition) is 6. The Morgan fingerprint density at radius 3 is 2.50 bits per heavy atom. The fourth-order valence-corrected chi connectivity index (χ4v) is 4.09. The van der Waals surface area contributed by atoms with Crippen LogP contribution in [0.1, 0.15) is 42.1 Å². The van der Waals surface area contributed by atoms with Gasteiger partial charge in [0.15, 0.2) is 0 Å². The lowest BCUT2D eigenvalue weighted by molar-refractivity contribution is 0.0528. The zero-order valence-electron chi connectivity index (χ0n) is 17.4. The van der Waals surface area contributed by atoms with E-state index < -0.39 is 5.97 Å². The van der Waals surface area contributed by atoms with Gasteiger partial charge in [0, 0.05) is 23.1 Å². The van der Waals surface area contributed by atoms with Crippen LogP contribution in [0.25, 0.3) is 22.3 Å². The molecule has 0 aliphatic carbocycles. The molecule has 3 aromatic rings. The minimum Gasteiger partial charge on any atom is -0.508 e. The predicted molar refractivity (Wildman–Crippen MR) is 115 cm³/mol. The number of piperidine rings is 1. The van der Waals surface area contributed by atoms with Crippen molar-refractivity contribution in [2.75, 3.05) is 26.8 Å². The summed E-state index contributed by atoms with van der Waals surface area (Å²) in [4.78, 5) is 15.3. The molecule has 1 fully saturated rings. The Labute approximate surface area is 176 Å². The molecule has 0 atom stereocenters. The van der Waals surface area contributed by atoms with E-state index in [0.717, 1.165) is 37.2 Å². The average Bonchev–Trinajstić information content (AvgIpc) is 3.17. The third-order valence-electron chi connectivity index (χ3n) is 5.60. The second-order valence-corrected chi connectivity index (χ2v) is 7.53. The summed E-state index contributed by atoms with van der Waals surface area (Å²) >= 11 is 0. The van der Waals surface area contributed by atoms with Crippen molar-refractivity contribution in [1.82, 2.24) is 4.90 Å². The van der Waals surface area contributed by atoms with E-state index in [2.05, 4.69) is 4.90 Å². The van der Waals surface area contributed by atoms with Crippen LogP contribution in [0.3, 0.4) is 0 Å². The Kier molecular flexibility index (Phi) is 5.95. The van der Waals surface area contributed by atoms with E-state index in [9.17, 15) is 9.90 Å². The standard InChI is InChI=1S/C24H27NO5/c1-3-29-24(27)22-21-18(15-25-13-5-4-6-14-25)19(26)11-12-20(21)30-23(22)16-7-9-17(28-2)10-8-16/h7-12,26H,3-6,13-15H2,1-2H3. The SMILES string of the molecule is CCOC(=O)c1c(-c2ccc(OC)cc2)oc2ccc(O)c(CN3CCCCC3)c12. The molecule has 1 aliphatic heterocycles. The molecule has 1 saturated heterocycles. The monoisotopic (exact) mass is 409 g/mol. The lowest BCUT2D eigenvalue weighted by Crippen LogP contribution is -2.29. The zero-order valence-corrected chi connectivity index (χ0v) is 17.4. The number of benzene rings is 2. The summed E-state index contributed by atoms with van der Waals surface area (Å²) in [6.45, 7) is 4.56. The minimum atomic E-state index is -0.451. The maximum atomic E-state index is 13.0. The molecule has 1 N–H and O–H groups in total. The van der Waals surface area contributed by atoms with Crippen LogP contribution < -0.4 is 4.74 Å². The number of rotatable bonds is 6. The maximum Gasteiger partial charge on any atom is 0.342 e. The first-order valence-electron chi connectivity index (χ1n) is 10.4. The molecule has 2 heterocycles. The van der Waals surface area contributed by atoms with Crippen molar-refractivity contribution in [2.24, 2.45) is 0 Å². The van der Waals surface area contributed by atoms with E-state index >= 15 is 0 Å². The van der Waals surface area contributed by atoms with Gasteiger partial charge in [-0.05, 0) is 69.3 Å². The Hall–Kier alpha value is -2.99.